The van der Waals surface area contributed by atoms with Gasteiger partial charge in [0.1, 0.15) is 0 Å². The van der Waals surface area contributed by atoms with Gasteiger partial charge in [0.05, 0.1) is 6.61 Å². The fourth-order valence-electron chi connectivity index (χ4n) is 6.20. The molecule has 0 radical (unpaired) electrons. The molecule has 0 saturated carbocycles. The van der Waals surface area contributed by atoms with E-state index in [9.17, 15) is 5.11 Å². The number of aliphatic hydroxyl groups is 1. The minimum Gasteiger partial charge on any atom is -0.395 e. The maximum absolute atomic E-state index is 9.18. The Morgan fingerprint density at radius 3 is 1.52 bits per heavy atom. The van der Waals surface area contributed by atoms with Crippen LogP contribution in [0.15, 0.2) is 84.9 Å². The van der Waals surface area contributed by atoms with Crippen LogP contribution in [0.3, 0.4) is 0 Å². The van der Waals surface area contributed by atoms with Gasteiger partial charge < -0.3 is 10.0 Å². The molecule has 204 valence electrons. The summed E-state index contributed by atoms with van der Waals surface area (Å²) >= 11 is 0. The summed E-state index contributed by atoms with van der Waals surface area (Å²) in [7, 11) is 0. The smallest absolute Gasteiger partial charge is 0.242 e. The third-order valence-corrected chi connectivity index (χ3v) is 8.45. The molecule has 4 heteroatoms. The van der Waals surface area contributed by atoms with Gasteiger partial charge in [-0.25, -0.2) is 0 Å². The summed E-state index contributed by atoms with van der Waals surface area (Å²) in [5.41, 5.74) is 13.2. The Balaban J connectivity index is 1.35. The fraction of sp³-hybridized carbons (Fsp3) is 0.278. The quantitative estimate of drug-likeness (QED) is 0.265. The molecule has 0 aliphatic carbocycles. The van der Waals surface area contributed by atoms with Gasteiger partial charge in [-0.3, -0.25) is 4.90 Å². The van der Waals surface area contributed by atoms with Crippen molar-refractivity contribution in [3.63, 3.8) is 0 Å². The maximum Gasteiger partial charge on any atom is 0.242 e. The number of aryl methyl sites for hydroxylation is 4. The van der Waals surface area contributed by atoms with Crippen LogP contribution in [0.2, 0.25) is 0 Å². The number of piperazine rings is 1. The monoisotopic (exact) mass is 528 g/mol. The number of β-amino-alcohol motifs (C(OH)–C–C–N with tert-alkyl or cyclic N) is 1. The molecule has 3 nitrogen and oxygen atoms in total. The first-order chi connectivity index (χ1) is 19.4. The van der Waals surface area contributed by atoms with Gasteiger partial charge in [-0.05, 0) is 51.0 Å². The number of hydrogen-bond donors (Lipinski definition) is 1. The molecule has 0 spiro atoms. The Labute approximate surface area is 240 Å². The van der Waals surface area contributed by atoms with Gasteiger partial charge in [-0.2, -0.15) is 0 Å². The summed E-state index contributed by atoms with van der Waals surface area (Å²) in [6.45, 7) is 14.2. The summed E-state index contributed by atoms with van der Waals surface area (Å²) in [6.07, 6.45) is 4.41. The van der Waals surface area contributed by atoms with Gasteiger partial charge >= 0.3 is 0 Å². The van der Waals surface area contributed by atoms with Crippen molar-refractivity contribution in [2.75, 3.05) is 44.2 Å². The lowest BCUT2D eigenvalue weighted by atomic mass is 9.34. The van der Waals surface area contributed by atoms with Crippen LogP contribution < -0.4 is 21.3 Å². The van der Waals surface area contributed by atoms with Crippen LogP contribution in [-0.2, 0) is 0 Å². The third kappa shape index (κ3) is 6.25. The van der Waals surface area contributed by atoms with E-state index < -0.39 is 0 Å². The van der Waals surface area contributed by atoms with Gasteiger partial charge in [-0.15, -0.1) is 0 Å². The summed E-state index contributed by atoms with van der Waals surface area (Å²) in [4.78, 5) is 4.76. The van der Waals surface area contributed by atoms with E-state index in [0.717, 1.165) is 32.7 Å². The van der Waals surface area contributed by atoms with Gasteiger partial charge in [0.15, 0.2) is 0 Å². The maximum atomic E-state index is 9.18. The molecule has 1 saturated heterocycles. The van der Waals surface area contributed by atoms with Crippen molar-refractivity contribution in [2.24, 2.45) is 0 Å². The molecule has 0 atom stereocenters. The Hall–Kier alpha value is -3.60. The van der Waals surface area contributed by atoms with Gasteiger partial charge in [0, 0.05) is 38.4 Å². The van der Waals surface area contributed by atoms with Crippen LogP contribution in [0, 0.1) is 27.7 Å². The standard InChI is InChI=1S/C36H41BN2O/c1-27-7-5-8-28(2)35(27)37(36-29(3)9-6-10-30(36)4)33-17-13-31(14-18-33)11-12-32-15-19-34(20-16-32)39-23-21-38(22-24-39)25-26-40/h5-20,40H,21-26H2,1-4H3/b12-11+. The van der Waals surface area contributed by atoms with Crippen LogP contribution in [0.25, 0.3) is 12.2 Å². The van der Waals surface area contributed by atoms with Crippen molar-refractivity contribution in [3.8, 4) is 0 Å². The molecule has 0 bridgehead atoms. The van der Waals surface area contributed by atoms with Crippen LogP contribution in [0.4, 0.5) is 5.69 Å². The second kappa shape index (κ2) is 12.7. The molecule has 1 aliphatic heterocycles. The molecule has 1 N–H and O–H groups in total. The van der Waals surface area contributed by atoms with Crippen molar-refractivity contribution in [1.82, 2.24) is 4.90 Å². The highest BCUT2D eigenvalue weighted by atomic mass is 16.3. The summed E-state index contributed by atoms with van der Waals surface area (Å²) in [6, 6.07) is 31.3. The fourth-order valence-corrected chi connectivity index (χ4v) is 6.20. The van der Waals surface area contributed by atoms with Crippen molar-refractivity contribution >= 4 is 40.9 Å². The highest BCUT2D eigenvalue weighted by Gasteiger charge is 2.27. The molecule has 4 aromatic carbocycles. The zero-order valence-electron chi connectivity index (χ0n) is 24.4. The molecule has 1 heterocycles. The lowest BCUT2D eigenvalue weighted by Crippen LogP contribution is -2.55. The van der Waals surface area contributed by atoms with Crippen molar-refractivity contribution in [1.29, 1.82) is 0 Å². The van der Waals surface area contributed by atoms with E-state index in [1.54, 1.807) is 0 Å². The molecule has 0 amide bonds. The molecular formula is C36H41BN2O. The van der Waals surface area contributed by atoms with Gasteiger partial charge in [-0.1, -0.05) is 124 Å². The normalized spacial score (nSPS) is 14.2. The van der Waals surface area contributed by atoms with Gasteiger partial charge in [0.2, 0.25) is 6.71 Å². The van der Waals surface area contributed by atoms with E-state index >= 15 is 0 Å². The van der Waals surface area contributed by atoms with E-state index in [2.05, 4.69) is 135 Å². The van der Waals surface area contributed by atoms with E-state index in [0.29, 0.717) is 0 Å². The first-order valence-electron chi connectivity index (χ1n) is 14.5. The molecule has 1 aliphatic rings. The Bertz CT molecular complexity index is 1360. The van der Waals surface area contributed by atoms with Crippen LogP contribution in [0.5, 0.6) is 0 Å². The number of aliphatic hydroxyl groups excluding tert-OH is 1. The first kappa shape index (κ1) is 28.0. The van der Waals surface area contributed by atoms with E-state index in [1.807, 2.05) is 0 Å². The number of nitrogens with zero attached hydrogens (tertiary/aromatic N) is 2. The number of hydrogen-bond acceptors (Lipinski definition) is 3. The molecular weight excluding hydrogens is 487 g/mol. The summed E-state index contributed by atoms with van der Waals surface area (Å²) < 4.78 is 0. The van der Waals surface area contributed by atoms with Crippen molar-refractivity contribution < 1.29 is 5.11 Å². The summed E-state index contributed by atoms with van der Waals surface area (Å²) in [5, 5.41) is 9.18. The minimum absolute atomic E-state index is 0.207. The molecule has 1 fully saturated rings. The second-order valence-electron chi connectivity index (χ2n) is 11.2. The highest BCUT2D eigenvalue weighted by molar-refractivity contribution is 6.96. The molecule has 0 unspecified atom stereocenters. The average molecular weight is 529 g/mol. The topological polar surface area (TPSA) is 26.7 Å². The predicted molar refractivity (Wildman–Crippen MR) is 174 cm³/mol. The predicted octanol–water partition coefficient (Wildman–Crippen LogP) is 4.72. The summed E-state index contributed by atoms with van der Waals surface area (Å²) in [5.74, 6) is 0. The Kier molecular flexibility index (Phi) is 8.89. The average Bonchev–Trinajstić information content (AvgIpc) is 2.96. The third-order valence-electron chi connectivity index (χ3n) is 8.45. The SMILES string of the molecule is Cc1cccc(C)c1B(c1ccc(/C=C/c2ccc(N3CCN(CCO)CC3)cc2)cc1)c1c(C)cccc1C. The van der Waals surface area contributed by atoms with Crippen LogP contribution in [0.1, 0.15) is 33.4 Å². The molecule has 5 rings (SSSR count). The van der Waals surface area contributed by atoms with Gasteiger partial charge in [0.25, 0.3) is 0 Å². The van der Waals surface area contributed by atoms with E-state index in [4.69, 9.17) is 0 Å². The Morgan fingerprint density at radius 1 is 0.625 bits per heavy atom. The molecule has 40 heavy (non-hydrogen) atoms. The second-order valence-corrected chi connectivity index (χ2v) is 11.2. The highest BCUT2D eigenvalue weighted by Crippen LogP contribution is 2.19. The van der Waals surface area contributed by atoms with Crippen LogP contribution >= 0.6 is 0 Å². The number of benzene rings is 4. The zero-order chi connectivity index (χ0) is 28.1. The lowest BCUT2D eigenvalue weighted by molar-refractivity contribution is 0.189. The van der Waals surface area contributed by atoms with Crippen LogP contribution in [-0.4, -0.2) is 56.0 Å². The number of rotatable bonds is 8. The van der Waals surface area contributed by atoms with Crippen molar-refractivity contribution in [2.45, 2.75) is 27.7 Å². The zero-order valence-corrected chi connectivity index (χ0v) is 24.4. The number of anilines is 1. The first-order valence-corrected chi connectivity index (χ1v) is 14.5. The largest absolute Gasteiger partial charge is 0.395 e. The van der Waals surface area contributed by atoms with E-state index in [-0.39, 0.29) is 13.3 Å². The Morgan fingerprint density at radius 2 is 1.07 bits per heavy atom. The van der Waals surface area contributed by atoms with E-state index in [1.165, 1.54) is 55.5 Å². The lowest BCUT2D eigenvalue weighted by Gasteiger charge is -2.35. The van der Waals surface area contributed by atoms with Crippen molar-refractivity contribution in [3.05, 3.63) is 118 Å². The molecule has 4 aromatic rings. The minimum atomic E-state index is 0.207. The molecule has 0 aromatic heterocycles.